The number of carbonyl (C=O) groups is 2. The van der Waals surface area contributed by atoms with Gasteiger partial charge >= 0.3 is 5.97 Å². The highest BCUT2D eigenvalue weighted by atomic mass is 35.5. The average molecular weight is 330 g/mol. The Kier molecular flexibility index (Phi) is 5.70. The van der Waals surface area contributed by atoms with Gasteiger partial charge in [0.1, 0.15) is 0 Å². The third-order valence-corrected chi connectivity index (χ3v) is 5.00. The van der Waals surface area contributed by atoms with Crippen molar-refractivity contribution < 1.29 is 14.7 Å². The Morgan fingerprint density at radius 1 is 1.19 bits per heavy atom. The highest BCUT2D eigenvalue weighted by molar-refractivity contribution is 8.00. The molecule has 21 heavy (non-hydrogen) atoms. The summed E-state index contributed by atoms with van der Waals surface area (Å²) in [6, 6.07) is 7.21. The number of carbonyl (C=O) groups excluding carboxylic acids is 1. The number of hydrogen-bond acceptors (Lipinski definition) is 3. The summed E-state index contributed by atoms with van der Waals surface area (Å²) in [5.41, 5.74) is -1.91. The van der Waals surface area contributed by atoms with Crippen molar-refractivity contribution in [2.75, 3.05) is 5.75 Å². The van der Waals surface area contributed by atoms with Gasteiger partial charge in [-0.1, -0.05) is 11.6 Å². The number of benzene rings is 1. The van der Waals surface area contributed by atoms with Gasteiger partial charge in [0.2, 0.25) is 5.91 Å². The second kappa shape index (κ2) is 6.71. The number of nitrogens with one attached hydrogen (secondary N) is 1. The minimum atomic E-state index is -1.06. The quantitative estimate of drug-likeness (QED) is 0.785. The maximum absolute atomic E-state index is 12.0. The van der Waals surface area contributed by atoms with Gasteiger partial charge in [-0.2, -0.15) is 0 Å². The molecule has 0 aliphatic carbocycles. The van der Waals surface area contributed by atoms with Crippen LogP contribution in [0.25, 0.3) is 0 Å². The highest BCUT2D eigenvalue weighted by Crippen LogP contribution is 2.31. The summed E-state index contributed by atoms with van der Waals surface area (Å²) in [4.78, 5) is 24.2. The number of carboxylic acid groups (broad SMARTS) is 1. The van der Waals surface area contributed by atoms with Gasteiger partial charge in [-0.05, 0) is 52.0 Å². The van der Waals surface area contributed by atoms with Crippen molar-refractivity contribution >= 4 is 35.2 Å². The molecule has 0 fully saturated rings. The van der Waals surface area contributed by atoms with Crippen molar-refractivity contribution in [3.05, 3.63) is 29.3 Å². The molecule has 1 rings (SSSR count). The van der Waals surface area contributed by atoms with Crippen LogP contribution in [0.4, 0.5) is 0 Å². The van der Waals surface area contributed by atoms with E-state index in [1.165, 1.54) is 11.8 Å². The molecule has 0 saturated heterocycles. The lowest BCUT2D eigenvalue weighted by Crippen LogP contribution is -2.57. The van der Waals surface area contributed by atoms with Gasteiger partial charge in [0.05, 0.1) is 11.2 Å². The largest absolute Gasteiger partial charge is 0.481 e. The van der Waals surface area contributed by atoms with Crippen LogP contribution in [0.15, 0.2) is 29.2 Å². The molecule has 0 spiro atoms. The number of amides is 1. The van der Waals surface area contributed by atoms with E-state index in [9.17, 15) is 14.7 Å². The number of hydrogen-bond donors (Lipinski definition) is 2. The summed E-state index contributed by atoms with van der Waals surface area (Å²) in [6.07, 6.45) is 0. The van der Waals surface area contributed by atoms with E-state index in [1.54, 1.807) is 39.8 Å². The molecule has 0 aromatic heterocycles. The molecular formula is C15H20ClNO3S. The fraction of sp³-hybridized carbons (Fsp3) is 0.467. The van der Waals surface area contributed by atoms with E-state index in [2.05, 4.69) is 5.32 Å². The normalized spacial score (nSPS) is 12.0. The van der Waals surface area contributed by atoms with Crippen molar-refractivity contribution in [1.82, 2.24) is 5.32 Å². The van der Waals surface area contributed by atoms with E-state index in [-0.39, 0.29) is 11.7 Å². The molecule has 0 heterocycles. The van der Waals surface area contributed by atoms with Crippen LogP contribution in [0, 0.1) is 5.41 Å². The van der Waals surface area contributed by atoms with Crippen LogP contribution >= 0.6 is 23.4 Å². The number of carboxylic acids is 1. The molecule has 0 aliphatic heterocycles. The Hall–Kier alpha value is -1.20. The fourth-order valence-corrected chi connectivity index (χ4v) is 2.31. The molecule has 6 heteroatoms. The molecule has 1 amide bonds. The smallest absolute Gasteiger partial charge is 0.311 e. The van der Waals surface area contributed by atoms with Crippen molar-refractivity contribution in [3.8, 4) is 0 Å². The molecule has 4 nitrogen and oxygen atoms in total. The number of thioether (sulfide) groups is 1. The van der Waals surface area contributed by atoms with Crippen LogP contribution in [-0.4, -0.2) is 28.3 Å². The minimum Gasteiger partial charge on any atom is -0.481 e. The molecule has 0 saturated carbocycles. The SMILES string of the molecule is CC(C)(NC(=O)CSc1ccc(Cl)cc1)C(C)(C)C(=O)O. The van der Waals surface area contributed by atoms with Gasteiger partial charge in [0, 0.05) is 15.5 Å². The van der Waals surface area contributed by atoms with E-state index in [0.29, 0.717) is 5.02 Å². The summed E-state index contributed by atoms with van der Waals surface area (Å²) >= 11 is 7.18. The second-order valence-corrected chi connectivity index (χ2v) is 7.33. The van der Waals surface area contributed by atoms with Crippen LogP contribution in [0.5, 0.6) is 0 Å². The monoisotopic (exact) mass is 329 g/mol. The lowest BCUT2D eigenvalue weighted by molar-refractivity contribution is -0.151. The zero-order valence-corrected chi connectivity index (χ0v) is 14.1. The van der Waals surface area contributed by atoms with Crippen molar-refractivity contribution in [2.45, 2.75) is 38.1 Å². The lowest BCUT2D eigenvalue weighted by atomic mass is 9.74. The van der Waals surface area contributed by atoms with E-state index < -0.39 is 16.9 Å². The van der Waals surface area contributed by atoms with Crippen LogP contribution in [-0.2, 0) is 9.59 Å². The molecule has 1 aromatic carbocycles. The Bertz CT molecular complexity index is 526. The molecule has 0 radical (unpaired) electrons. The first-order valence-electron chi connectivity index (χ1n) is 6.49. The Balaban J connectivity index is 2.61. The number of aliphatic carboxylic acids is 1. The van der Waals surface area contributed by atoms with Crippen LogP contribution in [0.2, 0.25) is 5.02 Å². The third-order valence-electron chi connectivity index (χ3n) is 3.73. The van der Waals surface area contributed by atoms with Crippen molar-refractivity contribution in [2.24, 2.45) is 5.41 Å². The first-order valence-corrected chi connectivity index (χ1v) is 7.85. The topological polar surface area (TPSA) is 66.4 Å². The highest BCUT2D eigenvalue weighted by Gasteiger charge is 2.44. The Morgan fingerprint density at radius 3 is 2.19 bits per heavy atom. The molecule has 0 aliphatic rings. The summed E-state index contributed by atoms with van der Waals surface area (Å²) in [5.74, 6) is -0.923. The molecule has 116 valence electrons. The summed E-state index contributed by atoms with van der Waals surface area (Å²) in [5, 5.41) is 12.7. The standard InChI is InChI=1S/C15H20ClNO3S/c1-14(2,13(19)20)15(3,4)17-12(18)9-21-11-7-5-10(16)6-8-11/h5-8H,9H2,1-4H3,(H,17,18)(H,19,20). The van der Waals surface area contributed by atoms with Crippen molar-refractivity contribution in [3.63, 3.8) is 0 Å². The zero-order valence-electron chi connectivity index (χ0n) is 12.6. The first kappa shape index (κ1) is 17.9. The van der Waals surface area contributed by atoms with Gasteiger partial charge in [-0.3, -0.25) is 9.59 Å². The Morgan fingerprint density at radius 2 is 1.71 bits per heavy atom. The molecule has 0 atom stereocenters. The maximum atomic E-state index is 12.0. The lowest BCUT2D eigenvalue weighted by Gasteiger charge is -2.38. The summed E-state index contributed by atoms with van der Waals surface area (Å²) in [6.45, 7) is 6.63. The van der Waals surface area contributed by atoms with Gasteiger partial charge < -0.3 is 10.4 Å². The van der Waals surface area contributed by atoms with Gasteiger partial charge in [0.15, 0.2) is 0 Å². The van der Waals surface area contributed by atoms with E-state index in [4.69, 9.17) is 11.6 Å². The minimum absolute atomic E-state index is 0.200. The first-order chi connectivity index (χ1) is 9.56. The maximum Gasteiger partial charge on any atom is 0.311 e. The summed E-state index contributed by atoms with van der Waals surface area (Å²) in [7, 11) is 0. The second-order valence-electron chi connectivity index (χ2n) is 5.85. The van der Waals surface area contributed by atoms with E-state index in [0.717, 1.165) is 4.90 Å². The third kappa shape index (κ3) is 4.64. The fourth-order valence-electron chi connectivity index (χ4n) is 1.49. The van der Waals surface area contributed by atoms with Crippen molar-refractivity contribution in [1.29, 1.82) is 0 Å². The van der Waals surface area contributed by atoms with Gasteiger partial charge in [-0.15, -0.1) is 11.8 Å². The number of rotatable bonds is 6. The molecular weight excluding hydrogens is 310 g/mol. The van der Waals surface area contributed by atoms with Crippen LogP contribution < -0.4 is 5.32 Å². The molecule has 1 aromatic rings. The Labute approximate surface area is 134 Å². The zero-order chi connectivity index (χ0) is 16.3. The predicted molar refractivity (Wildman–Crippen MR) is 85.8 cm³/mol. The summed E-state index contributed by atoms with van der Waals surface area (Å²) < 4.78 is 0. The van der Waals surface area contributed by atoms with E-state index in [1.807, 2.05) is 12.1 Å². The average Bonchev–Trinajstić information content (AvgIpc) is 2.37. The van der Waals surface area contributed by atoms with Gasteiger partial charge in [0.25, 0.3) is 0 Å². The molecule has 0 unspecified atom stereocenters. The molecule has 0 bridgehead atoms. The van der Waals surface area contributed by atoms with E-state index >= 15 is 0 Å². The van der Waals surface area contributed by atoms with Crippen LogP contribution in [0.3, 0.4) is 0 Å². The van der Waals surface area contributed by atoms with Gasteiger partial charge in [-0.25, -0.2) is 0 Å². The number of halogens is 1. The molecule has 2 N–H and O–H groups in total. The predicted octanol–water partition coefficient (Wildman–Crippen LogP) is 3.44. The van der Waals surface area contributed by atoms with Crippen LogP contribution in [0.1, 0.15) is 27.7 Å².